The molecule has 1 saturated carbocycles. The highest BCUT2D eigenvalue weighted by Crippen LogP contribution is 2.43. The van der Waals surface area contributed by atoms with Gasteiger partial charge in [0.25, 0.3) is 0 Å². The molecule has 0 N–H and O–H groups in total. The maximum absolute atomic E-state index is 12.8. The van der Waals surface area contributed by atoms with Gasteiger partial charge in [0.15, 0.2) is 27.1 Å². The number of esters is 1. The van der Waals surface area contributed by atoms with Crippen LogP contribution in [0.3, 0.4) is 0 Å². The van der Waals surface area contributed by atoms with Crippen molar-refractivity contribution < 1.29 is 32.0 Å². The zero-order chi connectivity index (χ0) is 20.6. The van der Waals surface area contributed by atoms with Crippen LogP contribution in [0.5, 0.6) is 5.75 Å². The van der Waals surface area contributed by atoms with Gasteiger partial charge in [-0.15, -0.1) is 0 Å². The number of halogens is 1. The number of ether oxygens (including phenoxy) is 2. The lowest BCUT2D eigenvalue weighted by Gasteiger charge is -2.12. The van der Waals surface area contributed by atoms with Gasteiger partial charge in [0.1, 0.15) is 10.5 Å². The van der Waals surface area contributed by atoms with Gasteiger partial charge < -0.3 is 14.0 Å². The second-order valence-corrected chi connectivity index (χ2v) is 8.69. The first-order valence-corrected chi connectivity index (χ1v) is 10.8. The molecule has 1 aromatic carbocycles. The molecule has 0 bridgehead atoms. The molecular formula is C18H18ClNO7S. The lowest BCUT2D eigenvalue weighted by Crippen LogP contribution is -2.13. The molecule has 28 heavy (non-hydrogen) atoms. The van der Waals surface area contributed by atoms with E-state index in [0.29, 0.717) is 12.8 Å². The Kier molecular flexibility index (Phi) is 5.49. The van der Waals surface area contributed by atoms with Crippen LogP contribution in [0.15, 0.2) is 21.6 Å². The van der Waals surface area contributed by atoms with Gasteiger partial charge in [-0.1, -0.05) is 16.8 Å². The van der Waals surface area contributed by atoms with Crippen molar-refractivity contribution in [3.05, 3.63) is 28.4 Å². The molecule has 0 amide bonds. The number of hydrogen-bond donors (Lipinski definition) is 0. The minimum absolute atomic E-state index is 0.0167. The summed E-state index contributed by atoms with van der Waals surface area (Å²) < 4.78 is 39.3. The van der Waals surface area contributed by atoms with Crippen LogP contribution in [0.4, 0.5) is 0 Å². The molecule has 8 nitrogen and oxygen atoms in total. The van der Waals surface area contributed by atoms with Gasteiger partial charge in [-0.3, -0.25) is 4.79 Å². The van der Waals surface area contributed by atoms with Gasteiger partial charge in [0.2, 0.25) is 5.69 Å². The highest BCUT2D eigenvalue weighted by Gasteiger charge is 2.39. The summed E-state index contributed by atoms with van der Waals surface area (Å²) in [6.45, 7) is 1.74. The van der Waals surface area contributed by atoms with Gasteiger partial charge in [0, 0.05) is 17.7 Å². The van der Waals surface area contributed by atoms with E-state index in [1.54, 1.807) is 6.92 Å². The van der Waals surface area contributed by atoms with E-state index in [1.165, 1.54) is 19.2 Å². The van der Waals surface area contributed by atoms with E-state index >= 15 is 0 Å². The zero-order valence-electron chi connectivity index (χ0n) is 15.4. The van der Waals surface area contributed by atoms with Crippen molar-refractivity contribution in [2.24, 2.45) is 5.92 Å². The standard InChI is InChI=1S/C18H18ClNO7S/c1-4-26-18(22)14-12(15(21)9-5-6-9)16(27-20-14)10-7-8-11(28(3,23)24)17(25-2)13(10)19/h7-9H,4-6H2,1-3H3. The predicted molar refractivity (Wildman–Crippen MR) is 99.6 cm³/mol. The highest BCUT2D eigenvalue weighted by molar-refractivity contribution is 7.90. The number of methoxy groups -OCH3 is 1. The van der Waals surface area contributed by atoms with Crippen molar-refractivity contribution in [2.45, 2.75) is 24.7 Å². The van der Waals surface area contributed by atoms with Crippen LogP contribution < -0.4 is 4.74 Å². The molecule has 0 atom stereocenters. The van der Waals surface area contributed by atoms with Crippen LogP contribution in [0, 0.1) is 5.92 Å². The molecule has 0 radical (unpaired) electrons. The fourth-order valence-electron chi connectivity index (χ4n) is 2.79. The van der Waals surface area contributed by atoms with Crippen LogP contribution in [-0.2, 0) is 14.6 Å². The second kappa shape index (κ2) is 7.56. The number of sulfone groups is 1. The normalized spacial score (nSPS) is 14.0. The molecule has 1 aromatic heterocycles. The Bertz CT molecular complexity index is 1050. The summed E-state index contributed by atoms with van der Waals surface area (Å²) in [5.41, 5.74) is -0.0500. The number of aromatic nitrogens is 1. The number of nitrogens with zero attached hydrogens (tertiary/aromatic N) is 1. The van der Waals surface area contributed by atoms with Crippen molar-refractivity contribution >= 4 is 33.2 Å². The number of ketones is 1. The first kappa shape index (κ1) is 20.3. The van der Waals surface area contributed by atoms with E-state index < -0.39 is 15.8 Å². The van der Waals surface area contributed by atoms with Crippen molar-refractivity contribution in [2.75, 3.05) is 20.0 Å². The van der Waals surface area contributed by atoms with Gasteiger partial charge >= 0.3 is 5.97 Å². The molecule has 2 aromatic rings. The maximum Gasteiger partial charge on any atom is 0.361 e. The van der Waals surface area contributed by atoms with Crippen molar-refractivity contribution in [1.82, 2.24) is 5.16 Å². The third-order valence-electron chi connectivity index (χ3n) is 4.26. The van der Waals surface area contributed by atoms with E-state index in [9.17, 15) is 18.0 Å². The van der Waals surface area contributed by atoms with Gasteiger partial charge in [-0.2, -0.15) is 0 Å². The average Bonchev–Trinajstić information content (AvgIpc) is 3.39. The largest absolute Gasteiger partial charge is 0.494 e. The minimum atomic E-state index is -3.61. The molecule has 10 heteroatoms. The van der Waals surface area contributed by atoms with E-state index in [4.69, 9.17) is 25.6 Å². The number of Topliss-reactive ketones (excluding diaryl/α,β-unsaturated/α-hetero) is 1. The fourth-order valence-corrected chi connectivity index (χ4v) is 4.01. The molecule has 0 unspecified atom stereocenters. The second-order valence-electron chi connectivity index (χ2n) is 6.32. The molecule has 1 fully saturated rings. The van der Waals surface area contributed by atoms with Crippen LogP contribution in [0.2, 0.25) is 5.02 Å². The molecule has 3 rings (SSSR count). The summed E-state index contributed by atoms with van der Waals surface area (Å²) in [5.74, 6) is -1.40. The Morgan fingerprint density at radius 3 is 2.54 bits per heavy atom. The first-order valence-electron chi connectivity index (χ1n) is 8.48. The number of rotatable bonds is 7. The molecule has 1 aliphatic carbocycles. The predicted octanol–water partition coefficient (Wildman–Crippen LogP) is 3.18. The van der Waals surface area contributed by atoms with Gasteiger partial charge in [-0.25, -0.2) is 13.2 Å². The SMILES string of the molecule is CCOC(=O)c1noc(-c2ccc(S(C)(=O)=O)c(OC)c2Cl)c1C(=O)C1CC1. The maximum atomic E-state index is 12.8. The first-order chi connectivity index (χ1) is 13.2. The van der Waals surface area contributed by atoms with Crippen LogP contribution >= 0.6 is 11.6 Å². The molecule has 150 valence electrons. The zero-order valence-corrected chi connectivity index (χ0v) is 17.0. The van der Waals surface area contributed by atoms with Gasteiger partial charge in [0.05, 0.1) is 18.7 Å². The van der Waals surface area contributed by atoms with E-state index in [0.717, 1.165) is 6.26 Å². The summed E-state index contributed by atoms with van der Waals surface area (Å²) in [7, 11) is -2.33. The summed E-state index contributed by atoms with van der Waals surface area (Å²) >= 11 is 6.37. The smallest absolute Gasteiger partial charge is 0.361 e. The summed E-state index contributed by atoms with van der Waals surface area (Å²) in [6, 6.07) is 2.69. The summed E-state index contributed by atoms with van der Waals surface area (Å²) in [4.78, 5) is 24.9. The number of hydrogen-bond acceptors (Lipinski definition) is 8. The quantitative estimate of drug-likeness (QED) is 0.489. The molecule has 1 aliphatic rings. The topological polar surface area (TPSA) is 113 Å². The average molecular weight is 428 g/mol. The van der Waals surface area contributed by atoms with Crippen molar-refractivity contribution in [3.63, 3.8) is 0 Å². The van der Waals surface area contributed by atoms with Crippen LogP contribution in [0.25, 0.3) is 11.3 Å². The third-order valence-corrected chi connectivity index (χ3v) is 5.76. The van der Waals surface area contributed by atoms with E-state index in [-0.39, 0.29) is 56.6 Å². The van der Waals surface area contributed by atoms with Crippen molar-refractivity contribution in [3.8, 4) is 17.1 Å². The fraction of sp³-hybridized carbons (Fsp3) is 0.389. The Balaban J connectivity index is 2.21. The minimum Gasteiger partial charge on any atom is -0.494 e. The van der Waals surface area contributed by atoms with E-state index in [2.05, 4.69) is 5.16 Å². The summed E-state index contributed by atoms with van der Waals surface area (Å²) in [5, 5.41) is 3.65. The lowest BCUT2D eigenvalue weighted by molar-refractivity contribution is 0.0511. The highest BCUT2D eigenvalue weighted by atomic mass is 35.5. The van der Waals surface area contributed by atoms with Crippen molar-refractivity contribution in [1.29, 1.82) is 0 Å². The monoisotopic (exact) mass is 427 g/mol. The Morgan fingerprint density at radius 1 is 1.32 bits per heavy atom. The van der Waals surface area contributed by atoms with Gasteiger partial charge in [-0.05, 0) is 31.9 Å². The molecule has 0 spiro atoms. The molecule has 0 aliphatic heterocycles. The number of carbonyl (C=O) groups is 2. The van der Waals surface area contributed by atoms with E-state index in [1.807, 2.05) is 0 Å². The third kappa shape index (κ3) is 3.64. The number of carbonyl (C=O) groups excluding carboxylic acids is 2. The Morgan fingerprint density at radius 2 is 2.00 bits per heavy atom. The lowest BCUT2D eigenvalue weighted by atomic mass is 10.00. The van der Waals surface area contributed by atoms with Crippen LogP contribution in [-0.4, -0.2) is 45.3 Å². The summed E-state index contributed by atoms with van der Waals surface area (Å²) in [6.07, 6.45) is 2.43. The Hall–Kier alpha value is -2.39. The molecule has 0 saturated heterocycles. The van der Waals surface area contributed by atoms with Crippen LogP contribution in [0.1, 0.15) is 40.6 Å². The molecule has 1 heterocycles. The Labute approximate surface area is 166 Å². The number of benzene rings is 1. The molecular weight excluding hydrogens is 410 g/mol.